The van der Waals surface area contributed by atoms with Crippen molar-refractivity contribution in [2.75, 3.05) is 52.7 Å². The number of nitrogens with one attached hydrogen (secondary N) is 5. The Balaban J connectivity index is 1.38. The third kappa shape index (κ3) is 13.5. The number of ketones is 1. The quantitative estimate of drug-likeness (QED) is 0.0622. The Kier molecular flexibility index (Phi) is 16.1. The number of carbonyl (C=O) groups is 8. The van der Waals surface area contributed by atoms with Crippen LogP contribution < -0.4 is 26.6 Å². The third-order valence-electron chi connectivity index (χ3n) is 8.24. The van der Waals surface area contributed by atoms with Crippen LogP contribution in [0.5, 0.6) is 0 Å². The Labute approximate surface area is 296 Å². The van der Waals surface area contributed by atoms with Crippen LogP contribution >= 0.6 is 0 Å². The van der Waals surface area contributed by atoms with Crippen molar-refractivity contribution in [2.24, 2.45) is 23.7 Å². The molecule has 280 valence electrons. The van der Waals surface area contributed by atoms with Crippen LogP contribution in [0.25, 0.3) is 0 Å². The SMILES string of the molecule is CC(C)C(=O)COCNC(=O)CNC(=O)[C@H](Cc1ccccc1)NC(=O)CNC(=O)CNC(=O)C1COC(CN2C(=O)CC(C(C)C)C2=O)OC1. The molecule has 0 bridgehead atoms. The van der Waals surface area contributed by atoms with E-state index in [-0.39, 0.29) is 81.3 Å². The second kappa shape index (κ2) is 20.2. The molecule has 2 saturated heterocycles. The molecule has 2 heterocycles. The summed E-state index contributed by atoms with van der Waals surface area (Å²) in [5.41, 5.74) is 0.733. The van der Waals surface area contributed by atoms with Crippen LogP contribution in [0.1, 0.15) is 39.7 Å². The highest BCUT2D eigenvalue weighted by molar-refractivity contribution is 6.03. The van der Waals surface area contributed by atoms with Gasteiger partial charge in [0.15, 0.2) is 12.1 Å². The lowest BCUT2D eigenvalue weighted by Gasteiger charge is -2.30. The molecule has 51 heavy (non-hydrogen) atoms. The largest absolute Gasteiger partial charge is 0.353 e. The van der Waals surface area contributed by atoms with Crippen molar-refractivity contribution in [3.63, 3.8) is 0 Å². The minimum absolute atomic E-state index is 0.0237. The number of likely N-dealkylation sites (tertiary alicyclic amines) is 1. The first-order valence-electron chi connectivity index (χ1n) is 16.8. The molecule has 2 aliphatic heterocycles. The van der Waals surface area contributed by atoms with Crippen molar-refractivity contribution < 1.29 is 52.6 Å². The van der Waals surface area contributed by atoms with Gasteiger partial charge in [-0.25, -0.2) is 0 Å². The van der Waals surface area contributed by atoms with E-state index in [9.17, 15) is 38.4 Å². The molecule has 0 saturated carbocycles. The first-order chi connectivity index (χ1) is 24.2. The van der Waals surface area contributed by atoms with E-state index in [1.807, 2.05) is 13.8 Å². The summed E-state index contributed by atoms with van der Waals surface area (Å²) in [7, 11) is 0. The van der Waals surface area contributed by atoms with Gasteiger partial charge in [0.05, 0.1) is 45.3 Å². The van der Waals surface area contributed by atoms with Crippen LogP contribution in [-0.4, -0.2) is 117 Å². The second-order valence-electron chi connectivity index (χ2n) is 12.9. The van der Waals surface area contributed by atoms with E-state index in [1.54, 1.807) is 44.2 Å². The highest BCUT2D eigenvalue weighted by Crippen LogP contribution is 2.27. The van der Waals surface area contributed by atoms with Gasteiger partial charge >= 0.3 is 0 Å². The number of benzene rings is 1. The topological polar surface area (TPSA) is 228 Å². The Morgan fingerprint density at radius 3 is 2.10 bits per heavy atom. The fourth-order valence-corrected chi connectivity index (χ4v) is 5.03. The highest BCUT2D eigenvalue weighted by Gasteiger charge is 2.42. The maximum Gasteiger partial charge on any atom is 0.243 e. The maximum absolute atomic E-state index is 13.0. The van der Waals surface area contributed by atoms with Gasteiger partial charge in [-0.05, 0) is 11.5 Å². The van der Waals surface area contributed by atoms with Gasteiger partial charge in [0.1, 0.15) is 19.4 Å². The molecule has 1 aromatic carbocycles. The first kappa shape index (κ1) is 40.7. The molecule has 0 radical (unpaired) electrons. The third-order valence-corrected chi connectivity index (χ3v) is 8.24. The Hall–Kier alpha value is -4.74. The average molecular weight is 717 g/mol. The highest BCUT2D eigenvalue weighted by atomic mass is 16.7. The number of hydrogen-bond donors (Lipinski definition) is 5. The van der Waals surface area contributed by atoms with Crippen LogP contribution in [0.15, 0.2) is 30.3 Å². The maximum atomic E-state index is 13.0. The minimum Gasteiger partial charge on any atom is -0.353 e. The smallest absolute Gasteiger partial charge is 0.243 e. The number of hydrogen-bond acceptors (Lipinski definition) is 11. The summed E-state index contributed by atoms with van der Waals surface area (Å²) >= 11 is 0. The van der Waals surface area contributed by atoms with Crippen LogP contribution in [0.3, 0.4) is 0 Å². The molecule has 17 heteroatoms. The molecule has 2 fully saturated rings. The Bertz CT molecular complexity index is 1410. The van der Waals surface area contributed by atoms with Gasteiger partial charge in [-0.2, -0.15) is 0 Å². The summed E-state index contributed by atoms with van der Waals surface area (Å²) in [4.78, 5) is 100. The van der Waals surface area contributed by atoms with E-state index in [2.05, 4.69) is 26.6 Å². The number of amides is 7. The Morgan fingerprint density at radius 1 is 0.843 bits per heavy atom. The fraction of sp³-hybridized carbons (Fsp3) is 0.588. The van der Waals surface area contributed by atoms with Crippen molar-refractivity contribution in [3.8, 4) is 0 Å². The molecular weight excluding hydrogens is 668 g/mol. The average Bonchev–Trinajstić information content (AvgIpc) is 3.39. The van der Waals surface area contributed by atoms with E-state index < -0.39 is 67.4 Å². The molecule has 0 aliphatic carbocycles. The lowest BCUT2D eigenvalue weighted by atomic mass is 9.94. The van der Waals surface area contributed by atoms with Crippen LogP contribution in [-0.2, 0) is 59.0 Å². The van der Waals surface area contributed by atoms with Gasteiger partial charge in [-0.3, -0.25) is 43.3 Å². The zero-order valence-corrected chi connectivity index (χ0v) is 29.4. The minimum atomic E-state index is -1.09. The summed E-state index contributed by atoms with van der Waals surface area (Å²) in [5.74, 6) is -5.07. The number of Topliss-reactive ketones (excluding diaryl/α,β-unsaturated/α-hetero) is 1. The first-order valence-corrected chi connectivity index (χ1v) is 16.8. The predicted octanol–water partition coefficient (Wildman–Crippen LogP) is -1.60. The van der Waals surface area contributed by atoms with Gasteiger partial charge in [0.2, 0.25) is 41.4 Å². The van der Waals surface area contributed by atoms with E-state index in [0.29, 0.717) is 0 Å². The monoisotopic (exact) mass is 716 g/mol. The molecule has 1 aromatic rings. The molecule has 0 spiro atoms. The number of nitrogens with zero attached hydrogens (tertiary/aromatic N) is 1. The zero-order valence-electron chi connectivity index (χ0n) is 29.4. The summed E-state index contributed by atoms with van der Waals surface area (Å²) in [6, 6.07) is 7.77. The Morgan fingerprint density at radius 2 is 1.47 bits per heavy atom. The molecule has 0 aromatic heterocycles. The molecule has 2 atom stereocenters. The number of rotatable bonds is 19. The summed E-state index contributed by atoms with van der Waals surface area (Å²) in [5, 5.41) is 12.3. The van der Waals surface area contributed by atoms with Crippen molar-refractivity contribution in [3.05, 3.63) is 35.9 Å². The normalized spacial score (nSPS) is 19.4. The summed E-state index contributed by atoms with van der Waals surface area (Å²) < 4.78 is 16.2. The van der Waals surface area contributed by atoms with Gasteiger partial charge in [-0.15, -0.1) is 0 Å². The standard InChI is InChI=1S/C34H48N6O11/c1-20(2)24-11-30(45)40(34(24)48)15-31-50-16-23(17-51-31)32(46)36-12-27(42)35-14-29(44)39-25(10-22-8-6-5-7-9-22)33(47)37-13-28(43)38-19-49-18-26(41)21(3)4/h5-9,20-21,23-25,31H,10-19H2,1-4H3,(H,35,42)(H,36,46)(H,37,47)(H,38,43)(H,39,44)/t23?,24?,25-,31?/m0/s1. The number of carbonyl (C=O) groups excluding carboxylic acids is 8. The lowest BCUT2D eigenvalue weighted by molar-refractivity contribution is -0.208. The lowest BCUT2D eigenvalue weighted by Crippen LogP contribution is -2.52. The number of ether oxygens (including phenoxy) is 3. The molecule has 17 nitrogen and oxygen atoms in total. The van der Waals surface area contributed by atoms with E-state index in [0.717, 1.165) is 10.5 Å². The molecule has 5 N–H and O–H groups in total. The summed E-state index contributed by atoms with van der Waals surface area (Å²) in [6.07, 6.45) is -0.630. The second-order valence-corrected chi connectivity index (χ2v) is 12.9. The molecule has 7 amide bonds. The van der Waals surface area contributed by atoms with Gasteiger partial charge in [0, 0.05) is 24.7 Å². The van der Waals surface area contributed by atoms with Crippen molar-refractivity contribution >= 4 is 47.1 Å². The van der Waals surface area contributed by atoms with Crippen molar-refractivity contribution in [1.29, 1.82) is 0 Å². The summed E-state index contributed by atoms with van der Waals surface area (Å²) in [6.45, 7) is 5.32. The van der Waals surface area contributed by atoms with Crippen LogP contribution in [0, 0.1) is 23.7 Å². The molecular formula is C34H48N6O11. The van der Waals surface area contributed by atoms with Gasteiger partial charge in [-0.1, -0.05) is 58.0 Å². The van der Waals surface area contributed by atoms with E-state index in [4.69, 9.17) is 14.2 Å². The van der Waals surface area contributed by atoms with Gasteiger partial charge < -0.3 is 40.8 Å². The van der Waals surface area contributed by atoms with Gasteiger partial charge in [0.25, 0.3) is 0 Å². The van der Waals surface area contributed by atoms with Crippen LogP contribution in [0.2, 0.25) is 0 Å². The van der Waals surface area contributed by atoms with E-state index in [1.165, 1.54) is 0 Å². The number of imide groups is 1. The molecule has 3 rings (SSSR count). The zero-order chi connectivity index (χ0) is 37.5. The molecule has 2 aliphatic rings. The fourth-order valence-electron chi connectivity index (χ4n) is 5.03. The predicted molar refractivity (Wildman–Crippen MR) is 179 cm³/mol. The van der Waals surface area contributed by atoms with Crippen molar-refractivity contribution in [2.45, 2.75) is 52.9 Å². The van der Waals surface area contributed by atoms with Crippen molar-refractivity contribution in [1.82, 2.24) is 31.5 Å². The van der Waals surface area contributed by atoms with E-state index >= 15 is 0 Å². The molecule has 1 unspecified atom stereocenters. The van der Waals surface area contributed by atoms with Crippen LogP contribution in [0.4, 0.5) is 0 Å².